The Balaban J connectivity index is 1.70. The van der Waals surface area contributed by atoms with E-state index in [1.165, 1.54) is 0 Å². The third-order valence-electron chi connectivity index (χ3n) is 3.56. The number of aliphatic hydroxyl groups excluding tert-OH is 1. The van der Waals surface area contributed by atoms with Gasteiger partial charge in [-0.05, 0) is 43.5 Å². The minimum atomic E-state index is -0.131. The topological polar surface area (TPSA) is 61.8 Å². The summed E-state index contributed by atoms with van der Waals surface area (Å²) in [5.41, 5.74) is 0. The Morgan fingerprint density at radius 3 is 2.86 bits per heavy atom. The standard InChI is InChI=1S/C15H21ClN2O3/c16-12-4-6-14(7-5-12)21-10-8-17-15(20)18-9-2-1-3-13(18)11-19/h4-7,13,19H,1-3,8-11H2,(H,17,20)/t13-/m0/s1. The molecule has 0 aromatic heterocycles. The van der Waals surface area contributed by atoms with Crippen molar-refractivity contribution < 1.29 is 14.6 Å². The molecule has 1 atom stereocenters. The van der Waals surface area contributed by atoms with Gasteiger partial charge < -0.3 is 20.1 Å². The number of benzene rings is 1. The van der Waals surface area contributed by atoms with E-state index in [0.717, 1.165) is 25.0 Å². The van der Waals surface area contributed by atoms with Crippen LogP contribution in [0.1, 0.15) is 19.3 Å². The molecule has 1 aromatic carbocycles. The summed E-state index contributed by atoms with van der Waals surface area (Å²) in [5.74, 6) is 0.722. The molecule has 1 fully saturated rings. The maximum absolute atomic E-state index is 12.1. The molecule has 0 saturated carbocycles. The second kappa shape index (κ2) is 8.10. The Hall–Kier alpha value is -1.46. The zero-order valence-corrected chi connectivity index (χ0v) is 12.7. The number of nitrogens with zero attached hydrogens (tertiary/aromatic N) is 1. The lowest BCUT2D eigenvalue weighted by atomic mass is 10.0. The molecule has 2 N–H and O–H groups in total. The number of ether oxygens (including phenoxy) is 1. The number of carbonyl (C=O) groups excluding carboxylic acids is 1. The first-order valence-electron chi connectivity index (χ1n) is 7.24. The van der Waals surface area contributed by atoms with Crippen LogP contribution in [0.3, 0.4) is 0 Å². The second-order valence-corrected chi connectivity index (χ2v) is 5.50. The van der Waals surface area contributed by atoms with Crippen molar-refractivity contribution in [2.24, 2.45) is 0 Å². The van der Waals surface area contributed by atoms with Gasteiger partial charge in [0.1, 0.15) is 12.4 Å². The Kier molecular flexibility index (Phi) is 6.14. The fourth-order valence-corrected chi connectivity index (χ4v) is 2.54. The molecule has 1 saturated heterocycles. The van der Waals surface area contributed by atoms with E-state index in [1.54, 1.807) is 29.2 Å². The predicted molar refractivity (Wildman–Crippen MR) is 81.8 cm³/mol. The van der Waals surface area contributed by atoms with Crippen LogP contribution in [0.15, 0.2) is 24.3 Å². The molecule has 0 bridgehead atoms. The van der Waals surface area contributed by atoms with Crippen molar-refractivity contribution >= 4 is 17.6 Å². The molecule has 1 heterocycles. The van der Waals surface area contributed by atoms with Crippen molar-refractivity contribution in [2.45, 2.75) is 25.3 Å². The minimum absolute atomic E-state index is 0.0225. The van der Waals surface area contributed by atoms with Crippen LogP contribution in [0, 0.1) is 0 Å². The van der Waals surface area contributed by atoms with Crippen LogP contribution < -0.4 is 10.1 Å². The third-order valence-corrected chi connectivity index (χ3v) is 3.81. The fourth-order valence-electron chi connectivity index (χ4n) is 2.42. The molecule has 0 unspecified atom stereocenters. The van der Waals surface area contributed by atoms with E-state index in [4.69, 9.17) is 16.3 Å². The summed E-state index contributed by atoms with van der Waals surface area (Å²) >= 11 is 5.79. The molecule has 2 rings (SSSR count). The smallest absolute Gasteiger partial charge is 0.317 e. The van der Waals surface area contributed by atoms with Crippen LogP contribution in [-0.4, -0.2) is 48.4 Å². The zero-order valence-electron chi connectivity index (χ0n) is 11.9. The van der Waals surface area contributed by atoms with Gasteiger partial charge in [0.15, 0.2) is 0 Å². The summed E-state index contributed by atoms with van der Waals surface area (Å²) in [6.45, 7) is 1.55. The molecular formula is C15H21ClN2O3. The number of hydrogen-bond acceptors (Lipinski definition) is 3. The quantitative estimate of drug-likeness (QED) is 0.820. The van der Waals surface area contributed by atoms with Crippen LogP contribution in [-0.2, 0) is 0 Å². The molecule has 0 spiro atoms. The monoisotopic (exact) mass is 312 g/mol. The minimum Gasteiger partial charge on any atom is -0.492 e. The number of likely N-dealkylation sites (tertiary alicyclic amines) is 1. The summed E-state index contributed by atoms with van der Waals surface area (Å²) < 4.78 is 5.51. The van der Waals surface area contributed by atoms with Gasteiger partial charge in [0, 0.05) is 11.6 Å². The van der Waals surface area contributed by atoms with Gasteiger partial charge in [0.25, 0.3) is 0 Å². The van der Waals surface area contributed by atoms with Gasteiger partial charge in [-0.1, -0.05) is 11.6 Å². The number of hydrogen-bond donors (Lipinski definition) is 2. The van der Waals surface area contributed by atoms with Crippen molar-refractivity contribution in [3.63, 3.8) is 0 Å². The number of carbonyl (C=O) groups is 1. The lowest BCUT2D eigenvalue weighted by Crippen LogP contribution is -2.50. The summed E-state index contributed by atoms with van der Waals surface area (Å²) in [5, 5.41) is 12.8. The van der Waals surface area contributed by atoms with Crippen molar-refractivity contribution in [3.8, 4) is 5.75 Å². The highest BCUT2D eigenvalue weighted by Crippen LogP contribution is 2.17. The Labute approximate surface area is 129 Å². The molecule has 0 radical (unpaired) electrons. The Morgan fingerprint density at radius 2 is 2.14 bits per heavy atom. The first-order valence-corrected chi connectivity index (χ1v) is 7.62. The van der Waals surface area contributed by atoms with Crippen LogP contribution in [0.25, 0.3) is 0 Å². The number of rotatable bonds is 5. The highest BCUT2D eigenvalue weighted by molar-refractivity contribution is 6.30. The van der Waals surface area contributed by atoms with E-state index < -0.39 is 0 Å². The predicted octanol–water partition coefficient (Wildman–Crippen LogP) is 2.28. The Bertz CT molecular complexity index is 453. The summed E-state index contributed by atoms with van der Waals surface area (Å²) in [7, 11) is 0. The zero-order chi connectivity index (χ0) is 15.1. The molecule has 116 valence electrons. The van der Waals surface area contributed by atoms with E-state index in [1.807, 2.05) is 0 Å². The van der Waals surface area contributed by atoms with Gasteiger partial charge in [0.2, 0.25) is 0 Å². The molecule has 2 amide bonds. The van der Waals surface area contributed by atoms with Crippen LogP contribution in [0.5, 0.6) is 5.75 Å². The van der Waals surface area contributed by atoms with Crippen LogP contribution >= 0.6 is 11.6 Å². The average molecular weight is 313 g/mol. The maximum Gasteiger partial charge on any atom is 0.317 e. The normalized spacial score (nSPS) is 18.4. The maximum atomic E-state index is 12.1. The summed E-state index contributed by atoms with van der Waals surface area (Å²) in [6.07, 6.45) is 2.92. The lowest BCUT2D eigenvalue weighted by molar-refractivity contribution is 0.107. The molecule has 6 heteroatoms. The SMILES string of the molecule is O=C(NCCOc1ccc(Cl)cc1)N1CCCC[C@H]1CO. The third kappa shape index (κ3) is 4.79. The molecular weight excluding hydrogens is 292 g/mol. The molecule has 1 aromatic rings. The van der Waals surface area contributed by atoms with Gasteiger partial charge in [-0.3, -0.25) is 0 Å². The first kappa shape index (κ1) is 15.9. The van der Waals surface area contributed by atoms with Crippen LogP contribution in [0.4, 0.5) is 4.79 Å². The number of piperidine rings is 1. The largest absolute Gasteiger partial charge is 0.492 e. The van der Waals surface area contributed by atoms with E-state index in [9.17, 15) is 9.90 Å². The van der Waals surface area contributed by atoms with E-state index in [2.05, 4.69) is 5.32 Å². The number of urea groups is 1. The molecule has 5 nitrogen and oxygen atoms in total. The average Bonchev–Trinajstić information content (AvgIpc) is 2.53. The van der Waals surface area contributed by atoms with E-state index in [0.29, 0.717) is 24.7 Å². The van der Waals surface area contributed by atoms with Crippen molar-refractivity contribution in [1.29, 1.82) is 0 Å². The van der Waals surface area contributed by atoms with Crippen molar-refractivity contribution in [1.82, 2.24) is 10.2 Å². The Morgan fingerprint density at radius 1 is 1.38 bits per heavy atom. The summed E-state index contributed by atoms with van der Waals surface area (Å²) in [4.78, 5) is 13.8. The van der Waals surface area contributed by atoms with Gasteiger partial charge in [-0.2, -0.15) is 0 Å². The highest BCUT2D eigenvalue weighted by Gasteiger charge is 2.25. The van der Waals surface area contributed by atoms with Gasteiger partial charge >= 0.3 is 6.03 Å². The van der Waals surface area contributed by atoms with Crippen molar-refractivity contribution in [3.05, 3.63) is 29.3 Å². The highest BCUT2D eigenvalue weighted by atomic mass is 35.5. The fraction of sp³-hybridized carbons (Fsp3) is 0.533. The van der Waals surface area contributed by atoms with Gasteiger partial charge in [-0.25, -0.2) is 4.79 Å². The molecule has 0 aliphatic carbocycles. The number of nitrogens with one attached hydrogen (secondary N) is 1. The first-order chi connectivity index (χ1) is 10.2. The van der Waals surface area contributed by atoms with Gasteiger partial charge in [0.05, 0.1) is 19.2 Å². The van der Waals surface area contributed by atoms with Crippen LogP contribution in [0.2, 0.25) is 5.02 Å². The number of aliphatic hydroxyl groups is 1. The number of amides is 2. The molecule has 21 heavy (non-hydrogen) atoms. The molecule has 1 aliphatic heterocycles. The molecule has 1 aliphatic rings. The lowest BCUT2D eigenvalue weighted by Gasteiger charge is -2.34. The number of halogens is 1. The van der Waals surface area contributed by atoms with Gasteiger partial charge in [-0.15, -0.1) is 0 Å². The summed E-state index contributed by atoms with van der Waals surface area (Å²) in [6, 6.07) is 6.90. The second-order valence-electron chi connectivity index (χ2n) is 5.06. The van der Waals surface area contributed by atoms with Crippen molar-refractivity contribution in [2.75, 3.05) is 26.3 Å². The van der Waals surface area contributed by atoms with E-state index in [-0.39, 0.29) is 18.7 Å². The van der Waals surface area contributed by atoms with E-state index >= 15 is 0 Å².